The fourth-order valence-electron chi connectivity index (χ4n) is 3.75. The number of amidine groups is 1. The minimum absolute atomic E-state index is 0.0169. The number of sulfonamides is 1. The normalized spacial score (nSPS) is 15.0. The fourth-order valence-corrected chi connectivity index (χ4v) is 5.21. The van der Waals surface area contributed by atoms with Crippen LogP contribution >= 0.6 is 0 Å². The Morgan fingerprint density at radius 2 is 1.62 bits per heavy atom. The van der Waals surface area contributed by atoms with Crippen LogP contribution < -0.4 is 0 Å². The Hall–Kier alpha value is -2.66. The average Bonchev–Trinajstić information content (AvgIpc) is 3.17. The second-order valence-electron chi connectivity index (χ2n) is 8.46. The van der Waals surface area contributed by atoms with Gasteiger partial charge < -0.3 is 0 Å². The Balaban J connectivity index is 1.64. The molecule has 0 spiro atoms. The first-order valence-corrected chi connectivity index (χ1v) is 11.3. The van der Waals surface area contributed by atoms with E-state index in [0.29, 0.717) is 30.2 Å². The maximum absolute atomic E-state index is 13.3. The van der Waals surface area contributed by atoms with Gasteiger partial charge in [0.05, 0.1) is 18.0 Å². The summed E-state index contributed by atoms with van der Waals surface area (Å²) < 4.78 is 28.1. The lowest BCUT2D eigenvalue weighted by atomic mass is 9.87. The number of aliphatic imine (C=N–C) groups is 1. The summed E-state index contributed by atoms with van der Waals surface area (Å²) in [6, 6.07) is 21.5. The molecular weight excluding hydrogens is 380 g/mol. The number of hydrogen-bond donors (Lipinski definition) is 0. The monoisotopic (exact) mass is 406 g/mol. The first kappa shape index (κ1) is 19.6. The van der Waals surface area contributed by atoms with Crippen LogP contribution in [0.1, 0.15) is 31.9 Å². The Morgan fingerprint density at radius 1 is 0.931 bits per heavy atom. The zero-order chi connectivity index (χ0) is 20.6. The summed E-state index contributed by atoms with van der Waals surface area (Å²) in [6.07, 6.45) is 0.501. The SMILES string of the molecule is CC(C)(C)c1ccc(S(=O)(=O)N2CCN=C2Cc2cccc3ccccc23)cc1. The largest absolute Gasteiger partial charge is 0.269 e. The summed E-state index contributed by atoms with van der Waals surface area (Å²) >= 11 is 0. The van der Waals surface area contributed by atoms with E-state index in [4.69, 9.17) is 0 Å². The molecule has 1 heterocycles. The van der Waals surface area contributed by atoms with Crippen molar-refractivity contribution >= 4 is 26.6 Å². The van der Waals surface area contributed by atoms with Gasteiger partial charge in [-0.1, -0.05) is 75.4 Å². The van der Waals surface area contributed by atoms with Crippen molar-refractivity contribution in [2.75, 3.05) is 13.1 Å². The summed E-state index contributed by atoms with van der Waals surface area (Å²) in [5.41, 5.74) is 2.19. The van der Waals surface area contributed by atoms with Crippen LogP contribution in [0.3, 0.4) is 0 Å². The molecule has 5 heteroatoms. The van der Waals surface area contributed by atoms with E-state index in [1.54, 1.807) is 12.1 Å². The molecule has 0 fully saturated rings. The summed E-state index contributed by atoms with van der Waals surface area (Å²) in [5, 5.41) is 2.28. The number of benzene rings is 3. The molecule has 29 heavy (non-hydrogen) atoms. The van der Waals surface area contributed by atoms with Crippen molar-refractivity contribution in [1.29, 1.82) is 0 Å². The summed E-state index contributed by atoms with van der Waals surface area (Å²) in [6.45, 7) is 7.24. The van der Waals surface area contributed by atoms with E-state index in [1.165, 1.54) is 4.31 Å². The number of rotatable bonds is 4. The van der Waals surface area contributed by atoms with Gasteiger partial charge >= 0.3 is 0 Å². The molecule has 0 N–H and O–H groups in total. The van der Waals surface area contributed by atoms with Crippen molar-refractivity contribution in [3.05, 3.63) is 77.9 Å². The molecule has 0 unspecified atom stereocenters. The standard InChI is InChI=1S/C24H26N2O2S/c1-24(2,3)20-11-13-21(14-12-20)29(27,28)26-16-15-25-23(26)17-19-9-6-8-18-7-4-5-10-22(18)19/h4-14H,15-17H2,1-3H3. The summed E-state index contributed by atoms with van der Waals surface area (Å²) in [4.78, 5) is 4.85. The Bertz CT molecular complexity index is 1170. The second kappa shape index (κ2) is 7.30. The van der Waals surface area contributed by atoms with Gasteiger partial charge in [0.1, 0.15) is 5.84 Å². The molecule has 0 bridgehead atoms. The molecule has 0 aliphatic carbocycles. The molecule has 1 aliphatic rings. The van der Waals surface area contributed by atoms with Crippen LogP contribution in [-0.2, 0) is 21.9 Å². The predicted octanol–water partition coefficient (Wildman–Crippen LogP) is 4.78. The number of fused-ring (bicyclic) bond motifs is 1. The fraction of sp³-hybridized carbons (Fsp3) is 0.292. The number of nitrogens with zero attached hydrogens (tertiary/aromatic N) is 2. The van der Waals surface area contributed by atoms with E-state index in [1.807, 2.05) is 36.4 Å². The molecule has 3 aromatic carbocycles. The zero-order valence-corrected chi connectivity index (χ0v) is 17.9. The van der Waals surface area contributed by atoms with Crippen molar-refractivity contribution in [2.24, 2.45) is 4.99 Å². The van der Waals surface area contributed by atoms with Crippen LogP contribution in [0.2, 0.25) is 0 Å². The molecule has 0 aromatic heterocycles. The lowest BCUT2D eigenvalue weighted by Gasteiger charge is -2.22. The molecule has 0 amide bonds. The highest BCUT2D eigenvalue weighted by atomic mass is 32.2. The third-order valence-electron chi connectivity index (χ3n) is 5.42. The third kappa shape index (κ3) is 3.79. The molecule has 3 aromatic rings. The molecule has 4 rings (SSSR count). The van der Waals surface area contributed by atoms with E-state index in [9.17, 15) is 8.42 Å². The van der Waals surface area contributed by atoms with E-state index in [2.05, 4.69) is 44.0 Å². The van der Waals surface area contributed by atoms with Gasteiger partial charge in [-0.05, 0) is 39.4 Å². The maximum atomic E-state index is 13.3. The quantitative estimate of drug-likeness (QED) is 0.626. The first-order valence-electron chi connectivity index (χ1n) is 9.90. The highest BCUT2D eigenvalue weighted by molar-refractivity contribution is 7.89. The predicted molar refractivity (Wildman–Crippen MR) is 119 cm³/mol. The van der Waals surface area contributed by atoms with Gasteiger partial charge in [0, 0.05) is 6.42 Å². The van der Waals surface area contributed by atoms with Crippen LogP contribution in [0.25, 0.3) is 10.8 Å². The Kier molecular flexibility index (Phi) is 4.95. The van der Waals surface area contributed by atoms with E-state index >= 15 is 0 Å². The maximum Gasteiger partial charge on any atom is 0.265 e. The van der Waals surface area contributed by atoms with Crippen molar-refractivity contribution in [2.45, 2.75) is 37.5 Å². The molecule has 4 nitrogen and oxygen atoms in total. The first-order chi connectivity index (χ1) is 13.8. The lowest BCUT2D eigenvalue weighted by Crippen LogP contribution is -2.35. The highest BCUT2D eigenvalue weighted by Crippen LogP contribution is 2.27. The van der Waals surface area contributed by atoms with Crippen LogP contribution in [0, 0.1) is 0 Å². The van der Waals surface area contributed by atoms with Crippen LogP contribution in [0.5, 0.6) is 0 Å². The molecule has 0 atom stereocenters. The van der Waals surface area contributed by atoms with E-state index in [0.717, 1.165) is 21.9 Å². The van der Waals surface area contributed by atoms with Gasteiger partial charge in [-0.3, -0.25) is 9.30 Å². The minimum Gasteiger partial charge on any atom is -0.269 e. The van der Waals surface area contributed by atoms with Gasteiger partial charge in [0.2, 0.25) is 0 Å². The van der Waals surface area contributed by atoms with Crippen molar-refractivity contribution in [1.82, 2.24) is 4.31 Å². The molecule has 0 radical (unpaired) electrons. The van der Waals surface area contributed by atoms with Crippen LogP contribution in [0.15, 0.2) is 76.6 Å². The summed E-state index contributed by atoms with van der Waals surface area (Å²) in [5.74, 6) is 0.612. The summed E-state index contributed by atoms with van der Waals surface area (Å²) in [7, 11) is -3.62. The van der Waals surface area contributed by atoms with Crippen molar-refractivity contribution in [3.8, 4) is 0 Å². The molecule has 0 saturated carbocycles. The van der Waals surface area contributed by atoms with Gasteiger partial charge in [-0.2, -0.15) is 0 Å². The zero-order valence-electron chi connectivity index (χ0n) is 17.1. The van der Waals surface area contributed by atoms with Gasteiger partial charge in [-0.25, -0.2) is 8.42 Å². The van der Waals surface area contributed by atoms with Gasteiger partial charge in [0.25, 0.3) is 10.0 Å². The molecule has 1 aliphatic heterocycles. The Morgan fingerprint density at radius 3 is 2.34 bits per heavy atom. The van der Waals surface area contributed by atoms with Crippen molar-refractivity contribution in [3.63, 3.8) is 0 Å². The lowest BCUT2D eigenvalue weighted by molar-refractivity contribution is 0.535. The highest BCUT2D eigenvalue weighted by Gasteiger charge is 2.31. The molecule has 0 saturated heterocycles. The van der Waals surface area contributed by atoms with E-state index < -0.39 is 10.0 Å². The van der Waals surface area contributed by atoms with E-state index in [-0.39, 0.29) is 5.41 Å². The van der Waals surface area contributed by atoms with Crippen LogP contribution in [-0.4, -0.2) is 31.6 Å². The molecule has 150 valence electrons. The van der Waals surface area contributed by atoms with Crippen molar-refractivity contribution < 1.29 is 8.42 Å². The van der Waals surface area contributed by atoms with Crippen LogP contribution in [0.4, 0.5) is 0 Å². The van der Waals surface area contributed by atoms with Gasteiger partial charge in [0.15, 0.2) is 0 Å². The Labute approximate surface area is 172 Å². The number of hydrogen-bond acceptors (Lipinski definition) is 3. The molecular formula is C24H26N2O2S. The smallest absolute Gasteiger partial charge is 0.265 e. The minimum atomic E-state index is -3.62. The topological polar surface area (TPSA) is 49.7 Å². The third-order valence-corrected chi connectivity index (χ3v) is 7.26. The average molecular weight is 407 g/mol. The second-order valence-corrected chi connectivity index (χ2v) is 10.3. The van der Waals surface area contributed by atoms with Gasteiger partial charge in [-0.15, -0.1) is 0 Å².